The van der Waals surface area contributed by atoms with Crippen LogP contribution in [0, 0.1) is 18.6 Å². The van der Waals surface area contributed by atoms with Crippen LogP contribution in [-0.2, 0) is 6.54 Å². The molecule has 10 heteroatoms. The fraction of sp³-hybridized carbons (Fsp3) is 0.143. The molecule has 0 unspecified atom stereocenters. The van der Waals surface area contributed by atoms with E-state index in [9.17, 15) is 18.4 Å². The zero-order chi connectivity index (χ0) is 22.0. The summed E-state index contributed by atoms with van der Waals surface area (Å²) in [5.74, 6) is -2.69. The molecular formula is C21H16F2N4O2S2. The molecule has 6 nitrogen and oxygen atoms in total. The highest BCUT2D eigenvalue weighted by atomic mass is 32.1. The van der Waals surface area contributed by atoms with Gasteiger partial charge in [0, 0.05) is 18.2 Å². The molecule has 0 atom stereocenters. The minimum atomic E-state index is -1.10. The monoisotopic (exact) mass is 458 g/mol. The maximum atomic E-state index is 13.3. The minimum absolute atomic E-state index is 0.00523. The molecule has 0 aliphatic heterocycles. The van der Waals surface area contributed by atoms with E-state index in [1.54, 1.807) is 17.4 Å². The molecule has 158 valence electrons. The number of aryl methyl sites for hydroxylation is 1. The second-order valence-corrected chi connectivity index (χ2v) is 8.52. The van der Waals surface area contributed by atoms with Gasteiger partial charge in [-0.05, 0) is 42.6 Å². The molecule has 0 saturated carbocycles. The Morgan fingerprint density at radius 3 is 2.74 bits per heavy atom. The number of aromatic nitrogens is 3. The van der Waals surface area contributed by atoms with Crippen molar-refractivity contribution in [3.05, 3.63) is 81.1 Å². The zero-order valence-electron chi connectivity index (χ0n) is 16.3. The first-order valence-electron chi connectivity index (χ1n) is 9.25. The third-order valence-corrected chi connectivity index (χ3v) is 6.64. The predicted molar refractivity (Wildman–Crippen MR) is 116 cm³/mol. The van der Waals surface area contributed by atoms with E-state index in [-0.39, 0.29) is 24.2 Å². The SMILES string of the molecule is Cc1nc(-c2cccs2)sc1-c1ccc(=O)n(CCNC(=O)c2ccc(F)c(F)c2)n1. The molecule has 0 aliphatic rings. The fourth-order valence-electron chi connectivity index (χ4n) is 2.88. The average Bonchev–Trinajstić information content (AvgIpc) is 3.41. The normalized spacial score (nSPS) is 10.9. The Balaban J connectivity index is 1.48. The molecule has 1 N–H and O–H groups in total. The number of benzene rings is 1. The first-order chi connectivity index (χ1) is 14.9. The average molecular weight is 459 g/mol. The summed E-state index contributed by atoms with van der Waals surface area (Å²) in [4.78, 5) is 30.8. The van der Waals surface area contributed by atoms with Crippen LogP contribution in [0.3, 0.4) is 0 Å². The Bertz CT molecular complexity index is 1300. The van der Waals surface area contributed by atoms with E-state index in [0.717, 1.165) is 32.6 Å². The quantitative estimate of drug-likeness (QED) is 0.472. The Morgan fingerprint density at radius 2 is 2.00 bits per heavy atom. The lowest BCUT2D eigenvalue weighted by Crippen LogP contribution is -2.32. The molecule has 1 amide bonds. The van der Waals surface area contributed by atoms with E-state index in [4.69, 9.17) is 0 Å². The van der Waals surface area contributed by atoms with E-state index in [1.165, 1.54) is 28.2 Å². The number of rotatable bonds is 6. The van der Waals surface area contributed by atoms with E-state index >= 15 is 0 Å². The third kappa shape index (κ3) is 4.59. The summed E-state index contributed by atoms with van der Waals surface area (Å²) in [5.41, 5.74) is 1.11. The first-order valence-corrected chi connectivity index (χ1v) is 10.9. The standard InChI is InChI=1S/C21H16F2N4O2S2/c1-12-19(31-21(25-12)17-3-2-10-30-17)16-6-7-18(28)27(26-16)9-8-24-20(29)13-4-5-14(22)15(23)11-13/h2-7,10-11H,8-9H2,1H3,(H,24,29). The van der Waals surface area contributed by atoms with Gasteiger partial charge in [0.05, 0.1) is 22.0 Å². The summed E-state index contributed by atoms with van der Waals surface area (Å²) < 4.78 is 27.6. The number of nitrogens with zero attached hydrogens (tertiary/aromatic N) is 3. The molecule has 0 aliphatic carbocycles. The third-order valence-electron chi connectivity index (χ3n) is 4.42. The zero-order valence-corrected chi connectivity index (χ0v) is 17.9. The van der Waals surface area contributed by atoms with Crippen LogP contribution in [0.15, 0.2) is 52.6 Å². The Labute approximate surface area is 183 Å². The van der Waals surface area contributed by atoms with Gasteiger partial charge in [0.15, 0.2) is 11.6 Å². The lowest BCUT2D eigenvalue weighted by molar-refractivity contribution is 0.0951. The van der Waals surface area contributed by atoms with Crippen LogP contribution in [0.4, 0.5) is 8.78 Å². The summed E-state index contributed by atoms with van der Waals surface area (Å²) >= 11 is 3.10. The maximum Gasteiger partial charge on any atom is 0.266 e. The lowest BCUT2D eigenvalue weighted by Gasteiger charge is -2.08. The van der Waals surface area contributed by atoms with E-state index < -0.39 is 17.5 Å². The van der Waals surface area contributed by atoms with Gasteiger partial charge >= 0.3 is 0 Å². The molecule has 4 rings (SSSR count). The van der Waals surface area contributed by atoms with Crippen LogP contribution in [0.2, 0.25) is 0 Å². The molecular weight excluding hydrogens is 442 g/mol. The fourth-order valence-corrected chi connectivity index (χ4v) is 4.71. The van der Waals surface area contributed by atoms with Crippen molar-refractivity contribution in [1.29, 1.82) is 0 Å². The van der Waals surface area contributed by atoms with Gasteiger partial charge < -0.3 is 5.32 Å². The number of halogens is 2. The minimum Gasteiger partial charge on any atom is -0.350 e. The van der Waals surface area contributed by atoms with Gasteiger partial charge in [-0.1, -0.05) is 6.07 Å². The van der Waals surface area contributed by atoms with Gasteiger partial charge in [-0.25, -0.2) is 18.4 Å². The second-order valence-electron chi connectivity index (χ2n) is 6.58. The van der Waals surface area contributed by atoms with Gasteiger partial charge in [-0.3, -0.25) is 9.59 Å². The Kier molecular flexibility index (Phi) is 6.01. The van der Waals surface area contributed by atoms with Crippen LogP contribution in [0.5, 0.6) is 0 Å². The van der Waals surface area contributed by atoms with Crippen molar-refractivity contribution in [2.75, 3.05) is 6.54 Å². The van der Waals surface area contributed by atoms with E-state index in [0.29, 0.717) is 5.69 Å². The molecule has 31 heavy (non-hydrogen) atoms. The Morgan fingerprint density at radius 1 is 1.16 bits per heavy atom. The molecule has 0 fully saturated rings. The predicted octanol–water partition coefficient (Wildman–Crippen LogP) is 4.11. The van der Waals surface area contributed by atoms with Crippen molar-refractivity contribution >= 4 is 28.6 Å². The van der Waals surface area contributed by atoms with E-state index in [1.807, 2.05) is 24.4 Å². The number of thiophene rings is 1. The lowest BCUT2D eigenvalue weighted by atomic mass is 10.2. The largest absolute Gasteiger partial charge is 0.350 e. The van der Waals surface area contributed by atoms with Crippen LogP contribution in [-0.4, -0.2) is 27.2 Å². The van der Waals surface area contributed by atoms with Crippen molar-refractivity contribution < 1.29 is 13.6 Å². The number of carbonyl (C=O) groups excluding carboxylic acids is 1. The molecule has 0 bridgehead atoms. The van der Waals surface area contributed by atoms with Gasteiger partial charge in [0.1, 0.15) is 10.7 Å². The molecule has 0 saturated heterocycles. The first kappa shape index (κ1) is 21.0. The van der Waals surface area contributed by atoms with Gasteiger partial charge in [0.2, 0.25) is 0 Å². The van der Waals surface area contributed by atoms with Crippen molar-refractivity contribution in [3.63, 3.8) is 0 Å². The molecule has 3 aromatic heterocycles. The van der Waals surface area contributed by atoms with Crippen LogP contribution in [0.25, 0.3) is 20.5 Å². The van der Waals surface area contributed by atoms with Crippen LogP contribution < -0.4 is 10.9 Å². The summed E-state index contributed by atoms with van der Waals surface area (Å²) in [5, 5.41) is 9.86. The van der Waals surface area contributed by atoms with Crippen LogP contribution >= 0.6 is 22.7 Å². The van der Waals surface area contributed by atoms with Crippen molar-refractivity contribution in [2.45, 2.75) is 13.5 Å². The number of nitrogens with one attached hydrogen (secondary N) is 1. The summed E-state index contributed by atoms with van der Waals surface area (Å²) in [6, 6.07) is 9.94. The molecule has 0 spiro atoms. The molecule has 0 radical (unpaired) electrons. The number of hydrogen-bond acceptors (Lipinski definition) is 6. The topological polar surface area (TPSA) is 76.9 Å². The number of thiazole rings is 1. The van der Waals surface area contributed by atoms with Gasteiger partial charge in [0.25, 0.3) is 11.5 Å². The van der Waals surface area contributed by atoms with Crippen molar-refractivity contribution in [1.82, 2.24) is 20.1 Å². The van der Waals surface area contributed by atoms with Crippen molar-refractivity contribution in [2.24, 2.45) is 0 Å². The Hall–Kier alpha value is -3.24. The maximum absolute atomic E-state index is 13.3. The highest BCUT2D eigenvalue weighted by molar-refractivity contribution is 7.23. The molecule has 4 aromatic rings. The summed E-state index contributed by atoms with van der Waals surface area (Å²) in [6.45, 7) is 2.11. The summed E-state index contributed by atoms with van der Waals surface area (Å²) in [6.07, 6.45) is 0. The van der Waals surface area contributed by atoms with Crippen molar-refractivity contribution in [3.8, 4) is 20.5 Å². The van der Waals surface area contributed by atoms with E-state index in [2.05, 4.69) is 15.4 Å². The van der Waals surface area contributed by atoms with Crippen LogP contribution in [0.1, 0.15) is 16.1 Å². The number of carbonyl (C=O) groups is 1. The summed E-state index contributed by atoms with van der Waals surface area (Å²) in [7, 11) is 0. The highest BCUT2D eigenvalue weighted by Gasteiger charge is 2.15. The number of amides is 1. The second kappa shape index (κ2) is 8.86. The molecule has 1 aromatic carbocycles. The van der Waals surface area contributed by atoms with Gasteiger partial charge in [-0.2, -0.15) is 5.10 Å². The van der Waals surface area contributed by atoms with Gasteiger partial charge in [-0.15, -0.1) is 22.7 Å². The molecule has 3 heterocycles. The smallest absolute Gasteiger partial charge is 0.266 e. The highest BCUT2D eigenvalue weighted by Crippen LogP contribution is 2.35. The number of hydrogen-bond donors (Lipinski definition) is 1.